The lowest BCUT2D eigenvalue weighted by Gasteiger charge is -2.13. The molecule has 0 fully saturated rings. The second-order valence-corrected chi connectivity index (χ2v) is 5.75. The first-order valence-corrected chi connectivity index (χ1v) is 7.82. The molecular formula is C20H28NO+. The maximum absolute atomic E-state index is 5.86. The fourth-order valence-corrected chi connectivity index (χ4v) is 2.23. The molecule has 0 heterocycles. The van der Waals surface area contributed by atoms with E-state index in [1.54, 1.807) is 0 Å². The van der Waals surface area contributed by atoms with Gasteiger partial charge in [0.15, 0.2) is 0 Å². The smallest absolute Gasteiger partial charge is 0.149 e. The molecule has 0 aliphatic heterocycles. The van der Waals surface area contributed by atoms with Crippen LogP contribution < -0.4 is 9.64 Å². The zero-order chi connectivity index (χ0) is 16.4. The van der Waals surface area contributed by atoms with E-state index in [2.05, 4.69) is 64.0 Å². The molecule has 1 N–H and O–H groups in total. The van der Waals surface area contributed by atoms with Gasteiger partial charge in [-0.1, -0.05) is 45.1 Å². The Kier molecular flexibility index (Phi) is 8.10. The number of hydrogen-bond acceptors (Lipinski definition) is 1. The first-order chi connectivity index (χ1) is 10.6. The Bertz CT molecular complexity index is 539. The van der Waals surface area contributed by atoms with Gasteiger partial charge in [-0.05, 0) is 48.1 Å². The molecule has 2 nitrogen and oxygen atoms in total. The van der Waals surface area contributed by atoms with Crippen LogP contribution in [0, 0.1) is 18.8 Å². The lowest BCUT2D eigenvalue weighted by molar-refractivity contribution is -0.880. The zero-order valence-corrected chi connectivity index (χ0v) is 14.1. The van der Waals surface area contributed by atoms with Gasteiger partial charge in [0, 0.05) is 0 Å². The van der Waals surface area contributed by atoms with Gasteiger partial charge < -0.3 is 9.64 Å². The molecule has 0 aromatic heterocycles. The van der Waals surface area contributed by atoms with Crippen LogP contribution in [-0.4, -0.2) is 26.2 Å². The van der Waals surface area contributed by atoms with Gasteiger partial charge >= 0.3 is 0 Å². The van der Waals surface area contributed by atoms with E-state index in [1.807, 2.05) is 12.2 Å². The topological polar surface area (TPSA) is 13.7 Å². The number of benzene rings is 1. The van der Waals surface area contributed by atoms with E-state index in [-0.39, 0.29) is 0 Å². The van der Waals surface area contributed by atoms with Crippen molar-refractivity contribution in [2.24, 2.45) is 0 Å². The molecule has 118 valence electrons. The normalized spacial score (nSPS) is 10.2. The molecule has 0 aliphatic carbocycles. The Morgan fingerprint density at radius 3 is 2.45 bits per heavy atom. The number of aryl methyl sites for hydroxylation is 1. The van der Waals surface area contributed by atoms with Crippen molar-refractivity contribution in [3.8, 4) is 17.6 Å². The second-order valence-electron chi connectivity index (χ2n) is 5.75. The van der Waals surface area contributed by atoms with Crippen LogP contribution in [0.2, 0.25) is 0 Å². The minimum absolute atomic E-state index is 0.429. The Labute approximate surface area is 135 Å². The highest BCUT2D eigenvalue weighted by Crippen LogP contribution is 2.27. The van der Waals surface area contributed by atoms with Gasteiger partial charge in [-0.3, -0.25) is 0 Å². The third-order valence-electron chi connectivity index (χ3n) is 3.42. The summed E-state index contributed by atoms with van der Waals surface area (Å²) in [5.74, 6) is 7.68. The van der Waals surface area contributed by atoms with Gasteiger partial charge in [0.1, 0.15) is 18.9 Å². The summed E-state index contributed by atoms with van der Waals surface area (Å²) in [5, 5.41) is 0. The van der Waals surface area contributed by atoms with Crippen LogP contribution in [0.4, 0.5) is 0 Å². The molecule has 0 unspecified atom stereocenters. The van der Waals surface area contributed by atoms with E-state index >= 15 is 0 Å². The van der Waals surface area contributed by atoms with Gasteiger partial charge in [-0.25, -0.2) is 0 Å². The number of nitrogens with one attached hydrogen (secondary N) is 1. The highest BCUT2D eigenvalue weighted by molar-refractivity contribution is 5.39. The van der Waals surface area contributed by atoms with Crippen molar-refractivity contribution in [1.29, 1.82) is 0 Å². The Morgan fingerprint density at radius 1 is 1.18 bits per heavy atom. The number of hydrogen-bond donors (Lipinski definition) is 1. The SMILES string of the molecule is C=CC[NH+](CC#CCOc1cc(C)ccc1C(C)C)CC=C. The van der Waals surface area contributed by atoms with E-state index in [1.165, 1.54) is 16.0 Å². The fourth-order valence-electron chi connectivity index (χ4n) is 2.23. The van der Waals surface area contributed by atoms with Gasteiger partial charge in [-0.15, -0.1) is 0 Å². The molecule has 0 radical (unpaired) electrons. The molecular weight excluding hydrogens is 270 g/mol. The monoisotopic (exact) mass is 298 g/mol. The van der Waals surface area contributed by atoms with Crippen LogP contribution >= 0.6 is 0 Å². The minimum Gasteiger partial charge on any atom is -0.481 e. The third-order valence-corrected chi connectivity index (χ3v) is 3.42. The predicted molar refractivity (Wildman–Crippen MR) is 94.5 cm³/mol. The average Bonchev–Trinajstić information content (AvgIpc) is 2.47. The van der Waals surface area contributed by atoms with Gasteiger partial charge in [-0.2, -0.15) is 0 Å². The van der Waals surface area contributed by atoms with Crippen molar-refractivity contribution < 1.29 is 9.64 Å². The zero-order valence-electron chi connectivity index (χ0n) is 14.1. The summed E-state index contributed by atoms with van der Waals surface area (Å²) in [5.41, 5.74) is 2.44. The standard InChI is InChI=1S/C20H27NO/c1-6-12-21(13-7-2)14-8-9-15-22-20-16-18(5)10-11-19(20)17(3)4/h6-7,10-11,16-17H,1-2,12-15H2,3-5H3/p+1. The summed E-state index contributed by atoms with van der Waals surface area (Å²) < 4.78 is 5.86. The van der Waals surface area contributed by atoms with Crippen molar-refractivity contribution >= 4 is 0 Å². The van der Waals surface area contributed by atoms with E-state index in [0.717, 1.165) is 25.4 Å². The van der Waals surface area contributed by atoms with Crippen molar-refractivity contribution in [2.45, 2.75) is 26.7 Å². The molecule has 0 atom stereocenters. The molecule has 0 saturated heterocycles. The number of ether oxygens (including phenoxy) is 1. The van der Waals surface area contributed by atoms with Gasteiger partial charge in [0.2, 0.25) is 0 Å². The highest BCUT2D eigenvalue weighted by atomic mass is 16.5. The Morgan fingerprint density at radius 2 is 1.86 bits per heavy atom. The molecule has 2 heteroatoms. The Balaban J connectivity index is 2.57. The Hall–Kier alpha value is -1.98. The van der Waals surface area contributed by atoms with E-state index in [0.29, 0.717) is 12.5 Å². The van der Waals surface area contributed by atoms with E-state index in [4.69, 9.17) is 4.74 Å². The van der Waals surface area contributed by atoms with Crippen LogP contribution in [0.25, 0.3) is 0 Å². The lowest BCUT2D eigenvalue weighted by Crippen LogP contribution is -3.11. The largest absolute Gasteiger partial charge is 0.481 e. The van der Waals surface area contributed by atoms with Crippen LogP contribution in [0.1, 0.15) is 30.9 Å². The molecule has 22 heavy (non-hydrogen) atoms. The summed E-state index contributed by atoms with van der Waals surface area (Å²) in [4.78, 5) is 1.34. The first kappa shape index (κ1) is 18.1. The van der Waals surface area contributed by atoms with Crippen LogP contribution in [0.15, 0.2) is 43.5 Å². The summed E-state index contributed by atoms with van der Waals surface area (Å²) >= 11 is 0. The average molecular weight is 298 g/mol. The van der Waals surface area contributed by atoms with E-state index in [9.17, 15) is 0 Å². The predicted octanol–water partition coefficient (Wildman–Crippen LogP) is 2.76. The summed E-state index contributed by atoms with van der Waals surface area (Å²) in [6.07, 6.45) is 3.83. The second kappa shape index (κ2) is 9.87. The quantitative estimate of drug-likeness (QED) is 0.575. The maximum atomic E-state index is 5.86. The molecule has 0 aliphatic rings. The maximum Gasteiger partial charge on any atom is 0.149 e. The summed E-state index contributed by atoms with van der Waals surface area (Å²) in [7, 11) is 0. The van der Waals surface area contributed by atoms with Crippen LogP contribution in [-0.2, 0) is 0 Å². The van der Waals surface area contributed by atoms with Crippen LogP contribution in [0.3, 0.4) is 0 Å². The van der Waals surface area contributed by atoms with Gasteiger partial charge in [0.05, 0.1) is 13.1 Å². The molecule has 1 rings (SSSR count). The molecule has 0 spiro atoms. The minimum atomic E-state index is 0.429. The van der Waals surface area contributed by atoms with Crippen molar-refractivity contribution in [3.63, 3.8) is 0 Å². The fraction of sp³-hybridized carbons (Fsp3) is 0.400. The van der Waals surface area contributed by atoms with E-state index < -0.39 is 0 Å². The lowest BCUT2D eigenvalue weighted by atomic mass is 10.0. The summed E-state index contributed by atoms with van der Waals surface area (Å²) in [6, 6.07) is 6.35. The molecule has 1 aromatic rings. The first-order valence-electron chi connectivity index (χ1n) is 7.82. The number of quaternary nitrogens is 1. The summed E-state index contributed by atoms with van der Waals surface area (Å²) in [6.45, 7) is 17.0. The van der Waals surface area contributed by atoms with Crippen LogP contribution in [0.5, 0.6) is 5.75 Å². The third kappa shape index (κ3) is 6.20. The van der Waals surface area contributed by atoms with Crippen molar-refractivity contribution in [2.75, 3.05) is 26.2 Å². The molecule has 1 aromatic carbocycles. The van der Waals surface area contributed by atoms with Crippen molar-refractivity contribution in [3.05, 3.63) is 54.6 Å². The highest BCUT2D eigenvalue weighted by Gasteiger charge is 2.07. The molecule has 0 amide bonds. The number of rotatable bonds is 8. The van der Waals surface area contributed by atoms with Crippen molar-refractivity contribution in [1.82, 2.24) is 0 Å². The molecule has 0 saturated carbocycles. The molecule has 0 bridgehead atoms. The van der Waals surface area contributed by atoms with Gasteiger partial charge in [0.25, 0.3) is 0 Å².